The van der Waals surface area contributed by atoms with Crippen LogP contribution in [-0.4, -0.2) is 55.8 Å². The molecule has 160 valence electrons. The number of benzene rings is 2. The van der Waals surface area contributed by atoms with Crippen molar-refractivity contribution < 1.29 is 13.2 Å². The van der Waals surface area contributed by atoms with Crippen molar-refractivity contribution in [3.8, 4) is 0 Å². The van der Waals surface area contributed by atoms with Gasteiger partial charge in [-0.1, -0.05) is 37.3 Å². The van der Waals surface area contributed by atoms with Gasteiger partial charge in [0.25, 0.3) is 0 Å². The molecule has 2 aromatic carbocycles. The molecule has 0 bridgehead atoms. The molecule has 1 fully saturated rings. The van der Waals surface area contributed by atoms with Crippen LogP contribution in [0, 0.1) is 0 Å². The van der Waals surface area contributed by atoms with E-state index in [1.807, 2.05) is 32.0 Å². The molecule has 2 aliphatic heterocycles. The maximum absolute atomic E-state index is 13.2. The van der Waals surface area contributed by atoms with Crippen molar-refractivity contribution in [1.82, 2.24) is 9.21 Å². The Morgan fingerprint density at radius 1 is 1.03 bits per heavy atom. The molecule has 30 heavy (non-hydrogen) atoms. The second-order valence-corrected chi connectivity index (χ2v) is 10.1. The second-order valence-electron chi connectivity index (χ2n) is 8.13. The second kappa shape index (κ2) is 8.49. The highest BCUT2D eigenvalue weighted by Crippen LogP contribution is 2.35. The SMILES string of the molecule is CCC(=O)N1c2ccc(S(=O)(=O)N3CCN(Cc4ccccc4)CC3)cc2CC1C. The van der Waals surface area contributed by atoms with Gasteiger partial charge in [-0.3, -0.25) is 9.69 Å². The van der Waals surface area contributed by atoms with Gasteiger partial charge in [-0.2, -0.15) is 4.31 Å². The van der Waals surface area contributed by atoms with Crippen molar-refractivity contribution >= 4 is 21.6 Å². The quantitative estimate of drug-likeness (QED) is 0.736. The van der Waals surface area contributed by atoms with Gasteiger partial charge in [0.2, 0.25) is 15.9 Å². The smallest absolute Gasteiger partial charge is 0.243 e. The number of nitrogens with zero attached hydrogens (tertiary/aromatic N) is 3. The van der Waals surface area contributed by atoms with E-state index in [1.165, 1.54) is 5.56 Å². The zero-order valence-corrected chi connectivity index (χ0v) is 18.4. The summed E-state index contributed by atoms with van der Waals surface area (Å²) < 4.78 is 28.1. The Morgan fingerprint density at radius 3 is 2.40 bits per heavy atom. The van der Waals surface area contributed by atoms with Gasteiger partial charge in [0.05, 0.1) is 4.90 Å². The van der Waals surface area contributed by atoms with Gasteiger partial charge in [0.1, 0.15) is 0 Å². The number of carbonyl (C=O) groups is 1. The number of hydrogen-bond acceptors (Lipinski definition) is 4. The van der Waals surface area contributed by atoms with E-state index in [0.717, 1.165) is 30.9 Å². The van der Waals surface area contributed by atoms with Crippen LogP contribution in [0.2, 0.25) is 0 Å². The Labute approximate surface area is 179 Å². The number of anilines is 1. The molecule has 6 nitrogen and oxygen atoms in total. The Morgan fingerprint density at radius 2 is 1.73 bits per heavy atom. The van der Waals surface area contributed by atoms with Gasteiger partial charge < -0.3 is 4.90 Å². The number of sulfonamides is 1. The molecule has 1 amide bonds. The van der Waals surface area contributed by atoms with E-state index in [2.05, 4.69) is 17.0 Å². The first-order valence-corrected chi connectivity index (χ1v) is 12.1. The molecule has 0 aliphatic carbocycles. The molecule has 1 saturated heterocycles. The first-order chi connectivity index (χ1) is 14.4. The molecule has 4 rings (SSSR count). The van der Waals surface area contributed by atoms with Gasteiger partial charge in [0.15, 0.2) is 0 Å². The van der Waals surface area contributed by atoms with Crippen LogP contribution < -0.4 is 4.90 Å². The third-order valence-corrected chi connectivity index (χ3v) is 7.95. The van der Waals surface area contributed by atoms with Crippen molar-refractivity contribution in [3.63, 3.8) is 0 Å². The molecule has 0 spiro atoms. The normalized spacial score (nSPS) is 20.3. The minimum Gasteiger partial charge on any atom is -0.309 e. The topological polar surface area (TPSA) is 60.9 Å². The zero-order valence-electron chi connectivity index (χ0n) is 17.6. The first kappa shape index (κ1) is 21.0. The highest BCUT2D eigenvalue weighted by atomic mass is 32.2. The van der Waals surface area contributed by atoms with Gasteiger partial charge in [-0.05, 0) is 42.7 Å². The van der Waals surface area contributed by atoms with E-state index >= 15 is 0 Å². The number of piperazine rings is 1. The maximum Gasteiger partial charge on any atom is 0.243 e. The van der Waals surface area contributed by atoms with E-state index in [4.69, 9.17) is 0 Å². The van der Waals surface area contributed by atoms with Crippen LogP contribution in [0.25, 0.3) is 0 Å². The third-order valence-electron chi connectivity index (χ3n) is 6.06. The Hall–Kier alpha value is -2.22. The van der Waals surface area contributed by atoms with Crippen molar-refractivity contribution in [2.45, 2.75) is 44.2 Å². The van der Waals surface area contributed by atoms with Gasteiger partial charge in [-0.15, -0.1) is 0 Å². The van der Waals surface area contributed by atoms with Crippen LogP contribution in [0.3, 0.4) is 0 Å². The summed E-state index contributed by atoms with van der Waals surface area (Å²) in [6.45, 7) is 7.11. The minimum atomic E-state index is -3.54. The molecule has 2 aliphatic rings. The average Bonchev–Trinajstić information content (AvgIpc) is 3.09. The van der Waals surface area contributed by atoms with E-state index < -0.39 is 10.0 Å². The van der Waals surface area contributed by atoms with Gasteiger partial charge in [0, 0.05) is 50.9 Å². The first-order valence-electron chi connectivity index (χ1n) is 10.6. The van der Waals surface area contributed by atoms with Gasteiger partial charge >= 0.3 is 0 Å². The van der Waals surface area contributed by atoms with E-state index in [9.17, 15) is 13.2 Å². The Balaban J connectivity index is 1.46. The number of amides is 1. The zero-order chi connectivity index (χ0) is 21.3. The molecular weight excluding hydrogens is 398 g/mol. The summed E-state index contributed by atoms with van der Waals surface area (Å²) in [6.07, 6.45) is 1.13. The molecule has 2 heterocycles. The summed E-state index contributed by atoms with van der Waals surface area (Å²) in [7, 11) is -3.54. The van der Waals surface area contributed by atoms with Crippen LogP contribution in [0.4, 0.5) is 5.69 Å². The largest absolute Gasteiger partial charge is 0.309 e. The fourth-order valence-corrected chi connectivity index (χ4v) is 5.91. The average molecular weight is 428 g/mol. The van der Waals surface area contributed by atoms with Crippen LogP contribution in [0.5, 0.6) is 0 Å². The van der Waals surface area contributed by atoms with Crippen LogP contribution in [-0.2, 0) is 27.8 Å². The molecule has 7 heteroatoms. The number of hydrogen-bond donors (Lipinski definition) is 0. The van der Waals surface area contributed by atoms with Crippen LogP contribution in [0.15, 0.2) is 53.4 Å². The van der Waals surface area contributed by atoms with Crippen LogP contribution in [0.1, 0.15) is 31.4 Å². The standard InChI is InChI=1S/C23H29N3O3S/c1-3-23(27)26-18(2)15-20-16-21(9-10-22(20)26)30(28,29)25-13-11-24(12-14-25)17-19-7-5-4-6-8-19/h4-10,16,18H,3,11-15,17H2,1-2H3. The molecular formula is C23H29N3O3S. The molecule has 0 aromatic heterocycles. The van der Waals surface area contributed by atoms with Crippen molar-refractivity contribution in [2.24, 2.45) is 0 Å². The lowest BCUT2D eigenvalue weighted by molar-refractivity contribution is -0.118. The predicted molar refractivity (Wildman–Crippen MR) is 118 cm³/mol. The third kappa shape index (κ3) is 4.02. The summed E-state index contributed by atoms with van der Waals surface area (Å²) in [6, 6.07) is 15.5. The van der Waals surface area contributed by atoms with Crippen LogP contribution >= 0.6 is 0 Å². The molecule has 1 unspecified atom stereocenters. The van der Waals surface area contributed by atoms with E-state index in [1.54, 1.807) is 27.4 Å². The van der Waals surface area contributed by atoms with E-state index in [0.29, 0.717) is 30.8 Å². The van der Waals surface area contributed by atoms with Gasteiger partial charge in [-0.25, -0.2) is 8.42 Å². The lowest BCUT2D eigenvalue weighted by Gasteiger charge is -2.34. The molecule has 0 saturated carbocycles. The molecule has 2 aromatic rings. The van der Waals surface area contributed by atoms with Crippen molar-refractivity contribution in [3.05, 3.63) is 59.7 Å². The Bertz CT molecular complexity index is 1020. The van der Waals surface area contributed by atoms with E-state index in [-0.39, 0.29) is 11.9 Å². The lowest BCUT2D eigenvalue weighted by Crippen LogP contribution is -2.48. The van der Waals surface area contributed by atoms with Crippen molar-refractivity contribution in [1.29, 1.82) is 0 Å². The summed E-state index contributed by atoms with van der Waals surface area (Å²) in [5.74, 6) is 0.0754. The highest BCUT2D eigenvalue weighted by Gasteiger charge is 2.33. The lowest BCUT2D eigenvalue weighted by atomic mass is 10.1. The summed E-state index contributed by atoms with van der Waals surface area (Å²) in [5, 5.41) is 0. The molecule has 1 atom stereocenters. The summed E-state index contributed by atoms with van der Waals surface area (Å²) in [4.78, 5) is 16.7. The summed E-state index contributed by atoms with van der Waals surface area (Å²) in [5.41, 5.74) is 3.03. The minimum absolute atomic E-state index is 0.0620. The monoisotopic (exact) mass is 427 g/mol. The number of rotatable bonds is 5. The highest BCUT2D eigenvalue weighted by molar-refractivity contribution is 7.89. The maximum atomic E-state index is 13.2. The fourth-order valence-electron chi connectivity index (χ4n) is 4.44. The number of carbonyl (C=O) groups excluding carboxylic acids is 1. The molecule has 0 N–H and O–H groups in total. The Kier molecular flexibility index (Phi) is 5.95. The number of fused-ring (bicyclic) bond motifs is 1. The summed E-state index contributed by atoms with van der Waals surface area (Å²) >= 11 is 0. The predicted octanol–water partition coefficient (Wildman–Crippen LogP) is 2.88. The fraction of sp³-hybridized carbons (Fsp3) is 0.435. The van der Waals surface area contributed by atoms with Crippen molar-refractivity contribution in [2.75, 3.05) is 31.1 Å². The molecule has 0 radical (unpaired) electrons.